The van der Waals surface area contributed by atoms with Crippen molar-refractivity contribution < 1.29 is 14.2 Å². The number of rotatable bonds is 4. The van der Waals surface area contributed by atoms with Crippen LogP contribution in [0.25, 0.3) is 0 Å². The molecule has 0 N–H and O–H groups in total. The Bertz CT molecular complexity index is 322. The average molecular weight is 244 g/mol. The number of nitrogens with zero attached hydrogens (tertiary/aromatic N) is 2. The molecule has 0 bridgehead atoms. The number of morpholine rings is 1. The maximum atomic E-state index is 5.30. The van der Waals surface area contributed by atoms with E-state index in [-0.39, 0.29) is 6.29 Å². The van der Waals surface area contributed by atoms with Crippen molar-refractivity contribution in [1.29, 1.82) is 0 Å². The molecule has 2 rings (SSSR count). The van der Waals surface area contributed by atoms with Crippen molar-refractivity contribution in [3.8, 4) is 0 Å². The van der Waals surface area contributed by atoms with Crippen LogP contribution in [0.5, 0.6) is 0 Å². The van der Waals surface area contributed by atoms with Crippen molar-refractivity contribution in [2.45, 2.75) is 6.29 Å². The number of ether oxygens (including phenoxy) is 3. The van der Waals surface area contributed by atoms with Gasteiger partial charge in [-0.15, -0.1) is 11.3 Å². The summed E-state index contributed by atoms with van der Waals surface area (Å²) in [5, 5.41) is 2.99. The highest BCUT2D eigenvalue weighted by molar-refractivity contribution is 7.13. The van der Waals surface area contributed by atoms with Crippen LogP contribution in [0.1, 0.15) is 12.0 Å². The van der Waals surface area contributed by atoms with Crippen LogP contribution in [0.15, 0.2) is 5.38 Å². The minimum atomic E-state index is -0.369. The Kier molecular flexibility index (Phi) is 4.11. The summed E-state index contributed by atoms with van der Waals surface area (Å²) in [5.41, 5.74) is 0.830. The maximum absolute atomic E-state index is 5.30. The lowest BCUT2D eigenvalue weighted by Crippen LogP contribution is -2.36. The largest absolute Gasteiger partial charge is 0.378 e. The Labute approximate surface area is 98.9 Å². The molecule has 90 valence electrons. The van der Waals surface area contributed by atoms with E-state index in [0.717, 1.165) is 37.1 Å². The van der Waals surface area contributed by atoms with Crippen molar-refractivity contribution in [2.24, 2.45) is 0 Å². The lowest BCUT2D eigenvalue weighted by atomic mass is 10.4. The van der Waals surface area contributed by atoms with Gasteiger partial charge in [0.05, 0.1) is 13.2 Å². The van der Waals surface area contributed by atoms with E-state index in [2.05, 4.69) is 9.88 Å². The summed E-state index contributed by atoms with van der Waals surface area (Å²) >= 11 is 1.61. The Morgan fingerprint density at radius 1 is 1.38 bits per heavy atom. The van der Waals surface area contributed by atoms with E-state index in [1.54, 1.807) is 25.6 Å². The molecule has 0 aromatic carbocycles. The molecule has 1 aromatic heterocycles. The van der Waals surface area contributed by atoms with Crippen molar-refractivity contribution in [1.82, 2.24) is 4.98 Å². The molecule has 0 atom stereocenters. The molecular weight excluding hydrogens is 228 g/mol. The van der Waals surface area contributed by atoms with E-state index < -0.39 is 0 Å². The van der Waals surface area contributed by atoms with E-state index >= 15 is 0 Å². The van der Waals surface area contributed by atoms with Gasteiger partial charge in [0.15, 0.2) is 5.13 Å². The van der Waals surface area contributed by atoms with Crippen LogP contribution in [-0.4, -0.2) is 45.5 Å². The van der Waals surface area contributed by atoms with Crippen molar-refractivity contribution in [3.63, 3.8) is 0 Å². The first-order valence-electron chi connectivity index (χ1n) is 5.19. The van der Waals surface area contributed by atoms with Crippen LogP contribution in [0.2, 0.25) is 0 Å². The number of hydrogen-bond donors (Lipinski definition) is 0. The maximum Gasteiger partial charge on any atom is 0.201 e. The monoisotopic (exact) mass is 244 g/mol. The van der Waals surface area contributed by atoms with Gasteiger partial charge in [0.25, 0.3) is 0 Å². The fraction of sp³-hybridized carbons (Fsp3) is 0.700. The molecule has 1 aliphatic rings. The van der Waals surface area contributed by atoms with E-state index in [1.165, 1.54) is 0 Å². The van der Waals surface area contributed by atoms with Gasteiger partial charge in [0, 0.05) is 32.7 Å². The normalized spacial score (nSPS) is 17.1. The summed E-state index contributed by atoms with van der Waals surface area (Å²) in [7, 11) is 3.23. The van der Waals surface area contributed by atoms with Crippen LogP contribution in [0.3, 0.4) is 0 Å². The summed E-state index contributed by atoms with van der Waals surface area (Å²) in [6, 6.07) is 0. The SMILES string of the molecule is COC(OC)c1csc(N2CCOCC2)n1. The molecule has 0 radical (unpaired) electrons. The first-order valence-corrected chi connectivity index (χ1v) is 6.07. The molecule has 0 unspecified atom stereocenters. The third-order valence-electron chi connectivity index (χ3n) is 2.46. The van der Waals surface area contributed by atoms with Crippen molar-refractivity contribution in [3.05, 3.63) is 11.1 Å². The van der Waals surface area contributed by atoms with Gasteiger partial charge in [-0.1, -0.05) is 0 Å². The third kappa shape index (κ3) is 2.52. The zero-order chi connectivity index (χ0) is 11.4. The Hall–Kier alpha value is -0.690. The molecule has 1 aromatic rings. The van der Waals surface area contributed by atoms with Gasteiger partial charge in [0.2, 0.25) is 6.29 Å². The zero-order valence-corrected chi connectivity index (χ0v) is 10.3. The van der Waals surface area contributed by atoms with Crippen LogP contribution < -0.4 is 4.90 Å². The average Bonchev–Trinajstić information content (AvgIpc) is 2.81. The minimum Gasteiger partial charge on any atom is -0.378 e. The van der Waals surface area contributed by atoms with E-state index in [0.29, 0.717) is 0 Å². The quantitative estimate of drug-likeness (QED) is 0.746. The Balaban J connectivity index is 2.05. The van der Waals surface area contributed by atoms with Crippen molar-refractivity contribution in [2.75, 3.05) is 45.4 Å². The molecule has 0 aliphatic carbocycles. The van der Waals surface area contributed by atoms with Gasteiger partial charge < -0.3 is 19.1 Å². The summed E-state index contributed by atoms with van der Waals surface area (Å²) in [6.07, 6.45) is -0.369. The van der Waals surface area contributed by atoms with E-state index in [4.69, 9.17) is 14.2 Å². The second-order valence-electron chi connectivity index (χ2n) is 3.46. The lowest BCUT2D eigenvalue weighted by Gasteiger charge is -2.26. The topological polar surface area (TPSA) is 43.8 Å². The van der Waals surface area contributed by atoms with Crippen LogP contribution in [-0.2, 0) is 14.2 Å². The third-order valence-corrected chi connectivity index (χ3v) is 3.38. The van der Waals surface area contributed by atoms with Crippen LogP contribution >= 0.6 is 11.3 Å². The number of anilines is 1. The van der Waals surface area contributed by atoms with E-state index in [9.17, 15) is 0 Å². The Morgan fingerprint density at radius 3 is 2.69 bits per heavy atom. The van der Waals surface area contributed by atoms with Gasteiger partial charge in [-0.3, -0.25) is 0 Å². The van der Waals surface area contributed by atoms with Gasteiger partial charge in [-0.25, -0.2) is 4.98 Å². The summed E-state index contributed by atoms with van der Waals surface area (Å²) in [6.45, 7) is 3.34. The smallest absolute Gasteiger partial charge is 0.201 e. The fourth-order valence-electron chi connectivity index (χ4n) is 1.62. The van der Waals surface area contributed by atoms with Crippen molar-refractivity contribution >= 4 is 16.5 Å². The summed E-state index contributed by atoms with van der Waals surface area (Å²) in [5.74, 6) is 0. The van der Waals surface area contributed by atoms with E-state index in [1.807, 2.05) is 5.38 Å². The summed E-state index contributed by atoms with van der Waals surface area (Å²) < 4.78 is 15.6. The standard InChI is InChI=1S/C10H16N2O3S/c1-13-9(14-2)8-7-16-10(11-8)12-3-5-15-6-4-12/h7,9H,3-6H2,1-2H3. The molecule has 6 heteroatoms. The second-order valence-corrected chi connectivity index (χ2v) is 4.29. The minimum absolute atomic E-state index is 0.369. The molecule has 0 saturated carbocycles. The highest BCUT2D eigenvalue weighted by Crippen LogP contribution is 2.26. The molecule has 1 aliphatic heterocycles. The molecule has 1 fully saturated rings. The van der Waals surface area contributed by atoms with Gasteiger partial charge in [0.1, 0.15) is 5.69 Å². The molecule has 0 amide bonds. The van der Waals surface area contributed by atoms with Crippen LogP contribution in [0, 0.1) is 0 Å². The predicted molar refractivity (Wildman–Crippen MR) is 61.9 cm³/mol. The fourth-order valence-corrected chi connectivity index (χ4v) is 2.50. The van der Waals surface area contributed by atoms with Gasteiger partial charge in [-0.2, -0.15) is 0 Å². The highest BCUT2D eigenvalue weighted by atomic mass is 32.1. The van der Waals surface area contributed by atoms with Gasteiger partial charge in [-0.05, 0) is 0 Å². The molecule has 5 nitrogen and oxygen atoms in total. The molecule has 2 heterocycles. The highest BCUT2D eigenvalue weighted by Gasteiger charge is 2.18. The first kappa shape index (κ1) is 11.8. The predicted octanol–water partition coefficient (Wildman–Crippen LogP) is 1.27. The number of aromatic nitrogens is 1. The number of methoxy groups -OCH3 is 2. The van der Waals surface area contributed by atoms with Gasteiger partial charge >= 0.3 is 0 Å². The number of hydrogen-bond acceptors (Lipinski definition) is 6. The number of thiazole rings is 1. The molecule has 16 heavy (non-hydrogen) atoms. The summed E-state index contributed by atoms with van der Waals surface area (Å²) in [4.78, 5) is 6.74. The first-order chi connectivity index (χ1) is 7.85. The molecule has 1 saturated heterocycles. The van der Waals surface area contributed by atoms with Crippen LogP contribution in [0.4, 0.5) is 5.13 Å². The lowest BCUT2D eigenvalue weighted by molar-refractivity contribution is -0.108. The second kappa shape index (κ2) is 5.58. The molecular formula is C10H16N2O3S. The zero-order valence-electron chi connectivity index (χ0n) is 9.51. The molecule has 0 spiro atoms. The Morgan fingerprint density at radius 2 is 2.06 bits per heavy atom.